The Hall–Kier alpha value is -1.85. The average Bonchev–Trinajstić information content (AvgIpc) is 3.29. The SMILES string of the molecule is O=C1Oc2cc(Br)ccc2C12CN(C[C@H]1CCCO1)c1ccccc12. The lowest BCUT2D eigenvalue weighted by molar-refractivity contribution is -0.136. The van der Waals surface area contributed by atoms with E-state index < -0.39 is 5.41 Å². The molecular formula is C20H18BrNO3. The van der Waals surface area contributed by atoms with Crippen molar-refractivity contribution in [3.8, 4) is 5.75 Å². The first-order chi connectivity index (χ1) is 12.2. The summed E-state index contributed by atoms with van der Waals surface area (Å²) in [5.74, 6) is 0.482. The zero-order valence-electron chi connectivity index (χ0n) is 13.7. The third kappa shape index (κ3) is 2.19. The predicted octanol–water partition coefficient (Wildman–Crippen LogP) is 3.65. The van der Waals surface area contributed by atoms with Gasteiger partial charge < -0.3 is 14.4 Å². The molecule has 3 heterocycles. The molecule has 0 N–H and O–H groups in total. The van der Waals surface area contributed by atoms with Crippen molar-refractivity contribution in [3.05, 3.63) is 58.1 Å². The highest BCUT2D eigenvalue weighted by molar-refractivity contribution is 9.10. The largest absolute Gasteiger partial charge is 0.425 e. The number of hydrogen-bond donors (Lipinski definition) is 0. The highest BCUT2D eigenvalue weighted by Crippen LogP contribution is 2.52. The van der Waals surface area contributed by atoms with E-state index in [-0.39, 0.29) is 12.1 Å². The predicted molar refractivity (Wildman–Crippen MR) is 98.2 cm³/mol. The molecule has 128 valence electrons. The van der Waals surface area contributed by atoms with E-state index in [4.69, 9.17) is 9.47 Å². The second kappa shape index (κ2) is 5.58. The number of benzene rings is 2. The molecule has 3 aliphatic heterocycles. The average molecular weight is 400 g/mol. The lowest BCUT2D eigenvalue weighted by Crippen LogP contribution is -2.42. The Kier molecular flexibility index (Phi) is 3.44. The van der Waals surface area contributed by atoms with Crippen molar-refractivity contribution < 1.29 is 14.3 Å². The van der Waals surface area contributed by atoms with Gasteiger partial charge in [0.05, 0.1) is 6.10 Å². The van der Waals surface area contributed by atoms with Gasteiger partial charge in [-0.05, 0) is 36.6 Å². The van der Waals surface area contributed by atoms with Gasteiger partial charge in [-0.2, -0.15) is 0 Å². The number of ether oxygens (including phenoxy) is 2. The van der Waals surface area contributed by atoms with Crippen LogP contribution < -0.4 is 9.64 Å². The topological polar surface area (TPSA) is 38.8 Å². The van der Waals surface area contributed by atoms with E-state index in [9.17, 15) is 4.79 Å². The van der Waals surface area contributed by atoms with E-state index in [0.717, 1.165) is 47.3 Å². The Morgan fingerprint density at radius 3 is 2.92 bits per heavy atom. The molecule has 1 spiro atoms. The Bertz CT molecular complexity index is 862. The number of carbonyl (C=O) groups is 1. The molecule has 0 bridgehead atoms. The zero-order chi connectivity index (χ0) is 17.0. The van der Waals surface area contributed by atoms with Gasteiger partial charge in [0.1, 0.15) is 11.2 Å². The van der Waals surface area contributed by atoms with Gasteiger partial charge >= 0.3 is 5.97 Å². The molecule has 1 fully saturated rings. The summed E-state index contributed by atoms with van der Waals surface area (Å²) >= 11 is 3.47. The van der Waals surface area contributed by atoms with E-state index in [0.29, 0.717) is 12.3 Å². The number of para-hydroxylation sites is 1. The van der Waals surface area contributed by atoms with E-state index >= 15 is 0 Å². The molecule has 5 heteroatoms. The maximum Gasteiger partial charge on any atom is 0.328 e. The van der Waals surface area contributed by atoms with Gasteiger partial charge in [0.15, 0.2) is 0 Å². The quantitative estimate of drug-likeness (QED) is 0.570. The number of anilines is 1. The van der Waals surface area contributed by atoms with E-state index in [1.54, 1.807) is 0 Å². The maximum absolute atomic E-state index is 13.0. The molecule has 0 amide bonds. The third-order valence-corrected chi connectivity index (χ3v) is 6.03. The van der Waals surface area contributed by atoms with Crippen LogP contribution in [0.4, 0.5) is 5.69 Å². The minimum atomic E-state index is -0.731. The monoisotopic (exact) mass is 399 g/mol. The summed E-state index contributed by atoms with van der Waals surface area (Å²) in [7, 11) is 0. The molecule has 2 atom stereocenters. The second-order valence-corrected chi connectivity index (χ2v) is 7.88. The van der Waals surface area contributed by atoms with Crippen LogP contribution in [0.3, 0.4) is 0 Å². The summed E-state index contributed by atoms with van der Waals surface area (Å²) in [6.07, 6.45) is 2.44. The van der Waals surface area contributed by atoms with Gasteiger partial charge in [-0.25, -0.2) is 0 Å². The van der Waals surface area contributed by atoms with Crippen molar-refractivity contribution in [3.63, 3.8) is 0 Å². The summed E-state index contributed by atoms with van der Waals surface area (Å²) in [6, 6.07) is 14.1. The number of rotatable bonds is 2. The van der Waals surface area contributed by atoms with Gasteiger partial charge in [0.25, 0.3) is 0 Å². The molecule has 0 radical (unpaired) electrons. The van der Waals surface area contributed by atoms with Crippen molar-refractivity contribution in [2.45, 2.75) is 24.4 Å². The molecule has 5 rings (SSSR count). The fraction of sp³-hybridized carbons (Fsp3) is 0.350. The maximum atomic E-state index is 13.0. The van der Waals surface area contributed by atoms with Gasteiger partial charge in [-0.3, -0.25) is 4.79 Å². The third-order valence-electron chi connectivity index (χ3n) is 5.54. The standard InChI is InChI=1S/C20H18BrNO3/c21-13-7-8-16-18(10-13)25-19(23)20(16)12-22(11-14-4-3-9-24-14)17-6-2-1-5-15(17)20/h1-2,5-8,10,14H,3-4,9,11-12H2/t14-,20?/m1/s1. The molecule has 1 unspecified atom stereocenters. The highest BCUT2D eigenvalue weighted by Gasteiger charge is 2.56. The molecule has 0 aromatic heterocycles. The van der Waals surface area contributed by atoms with Crippen LogP contribution in [-0.4, -0.2) is 31.8 Å². The lowest BCUT2D eigenvalue weighted by atomic mass is 9.77. The molecule has 1 saturated heterocycles. The highest BCUT2D eigenvalue weighted by atomic mass is 79.9. The summed E-state index contributed by atoms with van der Waals surface area (Å²) in [5.41, 5.74) is 2.39. The summed E-state index contributed by atoms with van der Waals surface area (Å²) in [4.78, 5) is 15.3. The first-order valence-corrected chi connectivity index (χ1v) is 9.46. The van der Waals surface area contributed by atoms with Crippen LogP contribution >= 0.6 is 15.9 Å². The Labute approximate surface area is 154 Å². The number of fused-ring (bicyclic) bond motifs is 4. The number of nitrogens with zero attached hydrogens (tertiary/aromatic N) is 1. The van der Waals surface area contributed by atoms with Gasteiger partial charge in [0.2, 0.25) is 0 Å². The van der Waals surface area contributed by atoms with Crippen LogP contribution in [-0.2, 0) is 14.9 Å². The molecule has 0 aliphatic carbocycles. The Balaban J connectivity index is 1.62. The zero-order valence-corrected chi connectivity index (χ0v) is 15.3. The van der Waals surface area contributed by atoms with Gasteiger partial charge in [-0.1, -0.05) is 40.2 Å². The van der Waals surface area contributed by atoms with Crippen molar-refractivity contribution in [2.75, 3.05) is 24.6 Å². The van der Waals surface area contributed by atoms with Gasteiger partial charge in [-0.15, -0.1) is 0 Å². The summed E-state index contributed by atoms with van der Waals surface area (Å²) in [5, 5.41) is 0. The van der Waals surface area contributed by atoms with Crippen molar-refractivity contribution >= 4 is 27.6 Å². The number of esters is 1. The van der Waals surface area contributed by atoms with E-state index in [1.807, 2.05) is 30.3 Å². The van der Waals surface area contributed by atoms with Gasteiger partial charge in [0, 0.05) is 35.4 Å². The van der Waals surface area contributed by atoms with Crippen LogP contribution in [0.1, 0.15) is 24.0 Å². The first kappa shape index (κ1) is 15.4. The number of halogens is 1. The summed E-state index contributed by atoms with van der Waals surface area (Å²) < 4.78 is 12.4. The van der Waals surface area contributed by atoms with Crippen molar-refractivity contribution in [2.24, 2.45) is 0 Å². The molecule has 25 heavy (non-hydrogen) atoms. The number of carbonyl (C=O) groups excluding carboxylic acids is 1. The molecular weight excluding hydrogens is 382 g/mol. The van der Waals surface area contributed by atoms with Crippen LogP contribution in [0.15, 0.2) is 46.9 Å². The Morgan fingerprint density at radius 2 is 2.08 bits per heavy atom. The van der Waals surface area contributed by atoms with E-state index in [2.05, 4.69) is 33.0 Å². The molecule has 2 aromatic carbocycles. The fourth-order valence-corrected chi connectivity index (χ4v) is 4.74. The number of hydrogen-bond acceptors (Lipinski definition) is 4. The second-order valence-electron chi connectivity index (χ2n) is 6.97. The van der Waals surface area contributed by atoms with Crippen LogP contribution in [0.5, 0.6) is 5.75 Å². The fourth-order valence-electron chi connectivity index (χ4n) is 4.40. The minimum Gasteiger partial charge on any atom is -0.425 e. The van der Waals surface area contributed by atoms with Crippen molar-refractivity contribution in [1.82, 2.24) is 0 Å². The Morgan fingerprint density at radius 1 is 1.20 bits per heavy atom. The van der Waals surface area contributed by atoms with Crippen LogP contribution in [0.25, 0.3) is 0 Å². The normalized spacial score (nSPS) is 26.8. The van der Waals surface area contributed by atoms with Crippen LogP contribution in [0, 0.1) is 0 Å². The minimum absolute atomic E-state index is 0.178. The van der Waals surface area contributed by atoms with Crippen molar-refractivity contribution in [1.29, 1.82) is 0 Å². The summed E-state index contributed by atoms with van der Waals surface area (Å²) in [6.45, 7) is 2.27. The molecule has 0 saturated carbocycles. The smallest absolute Gasteiger partial charge is 0.328 e. The molecule has 2 aromatic rings. The molecule has 4 nitrogen and oxygen atoms in total. The first-order valence-electron chi connectivity index (χ1n) is 8.67. The lowest BCUT2D eigenvalue weighted by Gasteiger charge is -2.25. The van der Waals surface area contributed by atoms with E-state index in [1.165, 1.54) is 0 Å². The van der Waals surface area contributed by atoms with Crippen LogP contribution in [0.2, 0.25) is 0 Å². The molecule has 3 aliphatic rings.